The predicted molar refractivity (Wildman–Crippen MR) is 71.2 cm³/mol. The van der Waals surface area contributed by atoms with E-state index in [1.807, 2.05) is 0 Å². The van der Waals surface area contributed by atoms with E-state index in [1.165, 1.54) is 6.07 Å². The van der Waals surface area contributed by atoms with Gasteiger partial charge in [0.2, 0.25) is 0 Å². The van der Waals surface area contributed by atoms with Crippen LogP contribution in [0.2, 0.25) is 0 Å². The minimum Gasteiger partial charge on any atom is -0.271 e. The molecule has 0 fully saturated rings. The van der Waals surface area contributed by atoms with Gasteiger partial charge in [-0.05, 0) is 54.3 Å². The Balaban J connectivity index is 2.12. The van der Waals surface area contributed by atoms with Gasteiger partial charge in [0.1, 0.15) is 11.6 Å². The first kappa shape index (κ1) is 15.5. The van der Waals surface area contributed by atoms with Gasteiger partial charge < -0.3 is 0 Å². The van der Waals surface area contributed by atoms with E-state index in [9.17, 15) is 17.6 Å². The Labute approximate surface area is 119 Å². The fraction of sp³-hybridized carbons (Fsp3) is 0.200. The maximum Gasteiger partial charge on any atom is 0.159 e. The molecule has 0 aliphatic heterocycles. The molecule has 0 aliphatic rings. The van der Waals surface area contributed by atoms with Crippen molar-refractivity contribution >= 4 is 0 Å². The molecule has 21 heavy (non-hydrogen) atoms. The van der Waals surface area contributed by atoms with Crippen molar-refractivity contribution in [3.63, 3.8) is 0 Å². The zero-order chi connectivity index (χ0) is 15.4. The van der Waals surface area contributed by atoms with Gasteiger partial charge in [0.25, 0.3) is 0 Å². The molecule has 0 aromatic heterocycles. The van der Waals surface area contributed by atoms with Gasteiger partial charge in [0.15, 0.2) is 11.6 Å². The Bertz CT molecular complexity index is 631. The van der Waals surface area contributed by atoms with Crippen molar-refractivity contribution in [2.45, 2.75) is 18.9 Å². The maximum atomic E-state index is 13.6. The van der Waals surface area contributed by atoms with Crippen LogP contribution >= 0.6 is 0 Å². The summed E-state index contributed by atoms with van der Waals surface area (Å²) in [4.78, 5) is 0. The number of benzene rings is 2. The van der Waals surface area contributed by atoms with Crippen molar-refractivity contribution < 1.29 is 17.6 Å². The number of hydrogen-bond donors (Lipinski definition) is 2. The van der Waals surface area contributed by atoms with Gasteiger partial charge in [-0.1, -0.05) is 6.07 Å². The van der Waals surface area contributed by atoms with Gasteiger partial charge in [-0.25, -0.2) is 17.6 Å². The molecule has 0 saturated heterocycles. The van der Waals surface area contributed by atoms with E-state index in [1.54, 1.807) is 0 Å². The minimum atomic E-state index is -0.958. The first-order chi connectivity index (χ1) is 9.99. The van der Waals surface area contributed by atoms with Crippen LogP contribution < -0.4 is 11.3 Å². The summed E-state index contributed by atoms with van der Waals surface area (Å²) < 4.78 is 52.7. The van der Waals surface area contributed by atoms with E-state index in [0.29, 0.717) is 5.56 Å². The summed E-state index contributed by atoms with van der Waals surface area (Å²) in [7, 11) is 0. The summed E-state index contributed by atoms with van der Waals surface area (Å²) in [6.45, 7) is 0. The van der Waals surface area contributed by atoms with Gasteiger partial charge >= 0.3 is 0 Å². The van der Waals surface area contributed by atoms with Crippen LogP contribution in [0, 0.1) is 23.3 Å². The maximum absolute atomic E-state index is 13.6. The van der Waals surface area contributed by atoms with Crippen molar-refractivity contribution in [3.8, 4) is 0 Å². The third kappa shape index (κ3) is 4.03. The first-order valence-corrected chi connectivity index (χ1v) is 6.33. The third-order valence-electron chi connectivity index (χ3n) is 3.18. The van der Waals surface area contributed by atoms with Crippen molar-refractivity contribution in [1.82, 2.24) is 5.43 Å². The SMILES string of the molecule is NNC(Cc1ccc(F)c(F)c1)Cc1cc(F)ccc1F. The molecule has 6 heteroatoms. The van der Waals surface area contributed by atoms with Crippen LogP contribution in [0.15, 0.2) is 36.4 Å². The van der Waals surface area contributed by atoms with Crippen LogP contribution in [0.3, 0.4) is 0 Å². The zero-order valence-electron chi connectivity index (χ0n) is 11.0. The second kappa shape index (κ2) is 6.69. The van der Waals surface area contributed by atoms with Crippen molar-refractivity contribution in [2.24, 2.45) is 5.84 Å². The molecule has 0 radical (unpaired) electrons. The van der Waals surface area contributed by atoms with Crippen molar-refractivity contribution in [2.75, 3.05) is 0 Å². The molecule has 0 bridgehead atoms. The third-order valence-corrected chi connectivity index (χ3v) is 3.18. The van der Waals surface area contributed by atoms with E-state index in [2.05, 4.69) is 5.43 Å². The summed E-state index contributed by atoms with van der Waals surface area (Å²) in [5.74, 6) is 2.41. The van der Waals surface area contributed by atoms with Gasteiger partial charge in [-0.15, -0.1) is 0 Å². The van der Waals surface area contributed by atoms with E-state index in [4.69, 9.17) is 5.84 Å². The number of nitrogens with two attached hydrogens (primary N) is 1. The highest BCUT2D eigenvalue weighted by atomic mass is 19.2. The molecule has 3 N–H and O–H groups in total. The molecule has 2 aromatic rings. The van der Waals surface area contributed by atoms with Crippen molar-refractivity contribution in [3.05, 3.63) is 70.8 Å². The molecule has 0 amide bonds. The summed E-state index contributed by atoms with van der Waals surface area (Å²) >= 11 is 0. The Kier molecular flexibility index (Phi) is 4.93. The van der Waals surface area contributed by atoms with Crippen LogP contribution in [0.25, 0.3) is 0 Å². The molecule has 1 unspecified atom stereocenters. The highest BCUT2D eigenvalue weighted by molar-refractivity contribution is 5.22. The van der Waals surface area contributed by atoms with E-state index >= 15 is 0 Å². The smallest absolute Gasteiger partial charge is 0.159 e. The van der Waals surface area contributed by atoms with Gasteiger partial charge in [-0.2, -0.15) is 0 Å². The molecule has 2 aromatic carbocycles. The second-order valence-electron chi connectivity index (χ2n) is 4.76. The Morgan fingerprint density at radius 3 is 2.24 bits per heavy atom. The lowest BCUT2D eigenvalue weighted by Crippen LogP contribution is -2.38. The summed E-state index contributed by atoms with van der Waals surface area (Å²) in [6.07, 6.45) is 0.378. The van der Waals surface area contributed by atoms with Crippen LogP contribution in [0.1, 0.15) is 11.1 Å². The lowest BCUT2D eigenvalue weighted by Gasteiger charge is -2.16. The highest BCUT2D eigenvalue weighted by Gasteiger charge is 2.14. The van der Waals surface area contributed by atoms with E-state index in [0.717, 1.165) is 30.3 Å². The Morgan fingerprint density at radius 2 is 1.57 bits per heavy atom. The average Bonchev–Trinajstić information content (AvgIpc) is 2.46. The van der Waals surface area contributed by atoms with Crippen LogP contribution in [0.4, 0.5) is 17.6 Å². The fourth-order valence-electron chi connectivity index (χ4n) is 2.11. The van der Waals surface area contributed by atoms with E-state index in [-0.39, 0.29) is 18.4 Å². The lowest BCUT2D eigenvalue weighted by molar-refractivity contribution is 0.491. The molecule has 0 aliphatic carbocycles. The molecule has 0 spiro atoms. The largest absolute Gasteiger partial charge is 0.271 e. The zero-order valence-corrected chi connectivity index (χ0v) is 11.0. The topological polar surface area (TPSA) is 38.0 Å². The second-order valence-corrected chi connectivity index (χ2v) is 4.76. The van der Waals surface area contributed by atoms with Crippen LogP contribution in [-0.4, -0.2) is 6.04 Å². The summed E-state index contributed by atoms with van der Waals surface area (Å²) in [5.41, 5.74) is 3.15. The van der Waals surface area contributed by atoms with Crippen LogP contribution in [-0.2, 0) is 12.8 Å². The lowest BCUT2D eigenvalue weighted by atomic mass is 9.99. The highest BCUT2D eigenvalue weighted by Crippen LogP contribution is 2.15. The Morgan fingerprint density at radius 1 is 0.857 bits per heavy atom. The molecular formula is C15H14F4N2. The monoisotopic (exact) mass is 298 g/mol. The number of rotatable bonds is 5. The number of hydrogen-bond acceptors (Lipinski definition) is 2. The standard InChI is InChI=1S/C15H14F4N2/c16-11-2-4-13(17)10(7-11)8-12(21-20)5-9-1-3-14(18)15(19)6-9/h1-4,6-7,12,21H,5,8,20H2. The van der Waals surface area contributed by atoms with Gasteiger partial charge in [0.05, 0.1) is 0 Å². The summed E-state index contributed by atoms with van der Waals surface area (Å²) in [6, 6.07) is 6.21. The summed E-state index contributed by atoms with van der Waals surface area (Å²) in [5, 5.41) is 0. The number of nitrogens with one attached hydrogen (secondary N) is 1. The molecule has 0 saturated carbocycles. The molecule has 2 nitrogen and oxygen atoms in total. The predicted octanol–water partition coefficient (Wildman–Crippen LogP) is 2.86. The van der Waals surface area contributed by atoms with Crippen molar-refractivity contribution in [1.29, 1.82) is 0 Å². The van der Waals surface area contributed by atoms with Gasteiger partial charge in [-0.3, -0.25) is 11.3 Å². The number of halogens is 4. The molecule has 112 valence electrons. The first-order valence-electron chi connectivity index (χ1n) is 6.33. The van der Waals surface area contributed by atoms with E-state index < -0.39 is 29.3 Å². The van der Waals surface area contributed by atoms with Gasteiger partial charge in [0, 0.05) is 6.04 Å². The molecule has 1 atom stereocenters. The van der Waals surface area contributed by atoms with Crippen LogP contribution in [0.5, 0.6) is 0 Å². The minimum absolute atomic E-state index is 0.124. The fourth-order valence-corrected chi connectivity index (χ4v) is 2.11. The molecule has 2 rings (SSSR count). The average molecular weight is 298 g/mol. The molecule has 0 heterocycles. The number of hydrazine groups is 1. The molecular weight excluding hydrogens is 284 g/mol. The Hall–Kier alpha value is -1.92. The normalized spacial score (nSPS) is 12.4. The quantitative estimate of drug-likeness (QED) is 0.506.